The zero-order chi connectivity index (χ0) is 14.7. The third kappa shape index (κ3) is 3.08. The number of ether oxygens (including phenoxy) is 1. The fourth-order valence-corrected chi connectivity index (χ4v) is 2.19. The number of nitrogens with zero attached hydrogens (tertiary/aromatic N) is 3. The van der Waals surface area contributed by atoms with E-state index in [4.69, 9.17) is 4.74 Å². The van der Waals surface area contributed by atoms with Gasteiger partial charge in [-0.1, -0.05) is 0 Å². The van der Waals surface area contributed by atoms with Crippen LogP contribution in [-0.2, 0) is 4.74 Å². The topological polar surface area (TPSA) is 65.9 Å². The van der Waals surface area contributed by atoms with Gasteiger partial charge in [-0.2, -0.15) is 0 Å². The summed E-state index contributed by atoms with van der Waals surface area (Å²) in [6.07, 6.45) is 1.41. The number of aliphatic hydroxyl groups excluding tert-OH is 1. The van der Waals surface area contributed by atoms with Gasteiger partial charge >= 0.3 is 0 Å². The van der Waals surface area contributed by atoms with E-state index in [9.17, 15) is 9.90 Å². The fraction of sp³-hybridized carbons (Fsp3) is 0.571. The van der Waals surface area contributed by atoms with E-state index in [0.29, 0.717) is 18.7 Å². The summed E-state index contributed by atoms with van der Waals surface area (Å²) in [4.78, 5) is 19.8. The number of aromatic nitrogens is 1. The maximum atomic E-state index is 11.8. The van der Waals surface area contributed by atoms with E-state index in [1.807, 2.05) is 13.0 Å². The van der Waals surface area contributed by atoms with Gasteiger partial charge in [-0.25, -0.2) is 4.98 Å². The number of pyridine rings is 1. The smallest absolute Gasteiger partial charge is 0.254 e. The van der Waals surface area contributed by atoms with Gasteiger partial charge in [-0.15, -0.1) is 0 Å². The van der Waals surface area contributed by atoms with Crippen LogP contribution < -0.4 is 4.90 Å². The molecule has 2 atom stereocenters. The minimum Gasteiger partial charge on any atom is -0.394 e. The molecule has 2 heterocycles. The van der Waals surface area contributed by atoms with Gasteiger partial charge in [0.25, 0.3) is 5.91 Å². The number of carbonyl (C=O) groups is 1. The number of carbonyl (C=O) groups excluding carboxylic acids is 1. The summed E-state index contributed by atoms with van der Waals surface area (Å²) in [5.74, 6) is 0.738. The Balaban J connectivity index is 2.14. The lowest BCUT2D eigenvalue weighted by Gasteiger charge is -2.38. The zero-order valence-electron chi connectivity index (χ0n) is 12.1. The third-order valence-corrected chi connectivity index (χ3v) is 3.40. The molecule has 2 rings (SSSR count). The SMILES string of the molecule is CC1COC(CO)CN1c1ccc(C(=O)N(C)C)cn1. The maximum absolute atomic E-state index is 11.8. The lowest BCUT2D eigenvalue weighted by molar-refractivity contribution is -0.0105. The summed E-state index contributed by atoms with van der Waals surface area (Å²) >= 11 is 0. The number of hydrogen-bond acceptors (Lipinski definition) is 5. The normalized spacial score (nSPS) is 22.7. The van der Waals surface area contributed by atoms with Crippen molar-refractivity contribution in [3.63, 3.8) is 0 Å². The predicted octanol–water partition coefficient (Wildman–Crippen LogP) is 0.369. The Kier molecular flexibility index (Phi) is 4.57. The molecule has 0 saturated carbocycles. The average Bonchev–Trinajstić information content (AvgIpc) is 2.47. The summed E-state index contributed by atoms with van der Waals surface area (Å²) in [5.41, 5.74) is 0.568. The van der Waals surface area contributed by atoms with E-state index in [2.05, 4.69) is 9.88 Å². The van der Waals surface area contributed by atoms with Crippen molar-refractivity contribution < 1.29 is 14.6 Å². The minimum atomic E-state index is -0.184. The summed E-state index contributed by atoms with van der Waals surface area (Å²) < 4.78 is 5.50. The van der Waals surface area contributed by atoms with Crippen molar-refractivity contribution in [2.24, 2.45) is 0 Å². The molecule has 0 aliphatic carbocycles. The second kappa shape index (κ2) is 6.19. The molecule has 1 aromatic heterocycles. The summed E-state index contributed by atoms with van der Waals surface area (Å²) in [6.45, 7) is 3.21. The van der Waals surface area contributed by atoms with Crippen LogP contribution in [0.2, 0.25) is 0 Å². The number of anilines is 1. The van der Waals surface area contributed by atoms with Crippen LogP contribution in [-0.4, -0.2) is 66.9 Å². The van der Waals surface area contributed by atoms with Crippen molar-refractivity contribution in [3.8, 4) is 0 Å². The number of morpholine rings is 1. The van der Waals surface area contributed by atoms with Crippen LogP contribution in [0.4, 0.5) is 5.82 Å². The standard InChI is InChI=1S/C14H21N3O3/c1-10-9-20-12(8-18)7-17(10)13-5-4-11(6-15-13)14(19)16(2)3/h4-6,10,12,18H,7-9H2,1-3H3. The molecule has 6 nitrogen and oxygen atoms in total. The Bertz CT molecular complexity index is 461. The van der Waals surface area contributed by atoms with Gasteiger partial charge in [0.05, 0.1) is 30.9 Å². The van der Waals surface area contributed by atoms with Crippen molar-refractivity contribution in [2.75, 3.05) is 38.8 Å². The van der Waals surface area contributed by atoms with Crippen LogP contribution in [0, 0.1) is 0 Å². The van der Waals surface area contributed by atoms with Gasteiger partial charge in [-0.05, 0) is 19.1 Å². The molecular weight excluding hydrogens is 258 g/mol. The van der Waals surface area contributed by atoms with E-state index >= 15 is 0 Å². The second-order valence-corrected chi connectivity index (χ2v) is 5.24. The predicted molar refractivity (Wildman–Crippen MR) is 75.9 cm³/mol. The molecule has 1 fully saturated rings. The Morgan fingerprint density at radius 3 is 2.85 bits per heavy atom. The minimum absolute atomic E-state index is 0.000416. The first-order valence-corrected chi connectivity index (χ1v) is 6.69. The second-order valence-electron chi connectivity index (χ2n) is 5.24. The highest BCUT2D eigenvalue weighted by Gasteiger charge is 2.26. The maximum Gasteiger partial charge on any atom is 0.254 e. The van der Waals surface area contributed by atoms with E-state index in [-0.39, 0.29) is 24.7 Å². The molecule has 6 heteroatoms. The van der Waals surface area contributed by atoms with Crippen LogP contribution in [0.5, 0.6) is 0 Å². The van der Waals surface area contributed by atoms with Crippen molar-refractivity contribution in [1.29, 1.82) is 0 Å². The van der Waals surface area contributed by atoms with Crippen LogP contribution in [0.1, 0.15) is 17.3 Å². The molecule has 2 unspecified atom stereocenters. The van der Waals surface area contributed by atoms with Crippen LogP contribution in [0.25, 0.3) is 0 Å². The van der Waals surface area contributed by atoms with Gasteiger partial charge in [0.2, 0.25) is 0 Å². The molecule has 1 aliphatic rings. The highest BCUT2D eigenvalue weighted by atomic mass is 16.5. The van der Waals surface area contributed by atoms with E-state index in [0.717, 1.165) is 5.82 Å². The van der Waals surface area contributed by atoms with E-state index in [1.165, 1.54) is 4.90 Å². The van der Waals surface area contributed by atoms with Crippen molar-refractivity contribution in [2.45, 2.75) is 19.1 Å². The zero-order valence-corrected chi connectivity index (χ0v) is 12.1. The Morgan fingerprint density at radius 2 is 2.30 bits per heavy atom. The van der Waals surface area contributed by atoms with Gasteiger partial charge in [0.15, 0.2) is 0 Å². The third-order valence-electron chi connectivity index (χ3n) is 3.40. The quantitative estimate of drug-likeness (QED) is 0.866. The Morgan fingerprint density at radius 1 is 1.55 bits per heavy atom. The molecule has 0 spiro atoms. The fourth-order valence-electron chi connectivity index (χ4n) is 2.19. The van der Waals surface area contributed by atoms with Gasteiger partial charge in [0.1, 0.15) is 5.82 Å². The van der Waals surface area contributed by atoms with Gasteiger partial charge in [0, 0.05) is 26.8 Å². The molecule has 110 valence electrons. The van der Waals surface area contributed by atoms with Crippen LogP contribution in [0.3, 0.4) is 0 Å². The van der Waals surface area contributed by atoms with Gasteiger partial charge < -0.3 is 19.6 Å². The van der Waals surface area contributed by atoms with E-state index < -0.39 is 0 Å². The monoisotopic (exact) mass is 279 g/mol. The largest absolute Gasteiger partial charge is 0.394 e. The number of rotatable bonds is 3. The van der Waals surface area contributed by atoms with Crippen molar-refractivity contribution >= 4 is 11.7 Å². The molecule has 0 aromatic carbocycles. The lowest BCUT2D eigenvalue weighted by atomic mass is 10.2. The Hall–Kier alpha value is -1.66. The lowest BCUT2D eigenvalue weighted by Crippen LogP contribution is -2.50. The van der Waals surface area contributed by atoms with Gasteiger partial charge in [-0.3, -0.25) is 4.79 Å². The molecule has 1 amide bonds. The molecule has 0 bridgehead atoms. The molecular formula is C14H21N3O3. The highest BCUT2D eigenvalue weighted by Crippen LogP contribution is 2.20. The summed E-state index contributed by atoms with van der Waals surface area (Å²) in [7, 11) is 3.43. The first kappa shape index (κ1) is 14.7. The number of amides is 1. The first-order valence-electron chi connectivity index (χ1n) is 6.69. The summed E-state index contributed by atoms with van der Waals surface area (Å²) in [6, 6.07) is 3.81. The number of aliphatic hydroxyl groups is 1. The molecule has 1 saturated heterocycles. The molecule has 1 aromatic rings. The van der Waals surface area contributed by atoms with Crippen LogP contribution >= 0.6 is 0 Å². The van der Waals surface area contributed by atoms with E-state index in [1.54, 1.807) is 26.4 Å². The average molecular weight is 279 g/mol. The first-order chi connectivity index (χ1) is 9.52. The Labute approximate surface area is 119 Å². The molecule has 1 N–H and O–H groups in total. The van der Waals surface area contributed by atoms with Crippen LogP contribution in [0.15, 0.2) is 18.3 Å². The molecule has 20 heavy (non-hydrogen) atoms. The van der Waals surface area contributed by atoms with Crippen molar-refractivity contribution in [1.82, 2.24) is 9.88 Å². The van der Waals surface area contributed by atoms with Crippen molar-refractivity contribution in [3.05, 3.63) is 23.9 Å². The molecule has 1 aliphatic heterocycles. The molecule has 0 radical (unpaired) electrons. The number of hydrogen-bond donors (Lipinski definition) is 1. The summed E-state index contributed by atoms with van der Waals surface area (Å²) in [5, 5.41) is 9.20. The highest BCUT2D eigenvalue weighted by molar-refractivity contribution is 5.93.